The molecule has 2 heterocycles. The molecule has 2 aromatic heterocycles. The summed E-state index contributed by atoms with van der Waals surface area (Å²) in [6.45, 7) is 2.69. The molecule has 0 unspecified atom stereocenters. The van der Waals surface area contributed by atoms with Crippen LogP contribution in [-0.2, 0) is 11.2 Å². The maximum absolute atomic E-state index is 12.9. The number of amides is 1. The fraction of sp³-hybridized carbons (Fsp3) is 0.259. The van der Waals surface area contributed by atoms with Crippen molar-refractivity contribution >= 4 is 17.2 Å². The van der Waals surface area contributed by atoms with Gasteiger partial charge in [-0.15, -0.1) is 0 Å². The number of aryl methyl sites for hydroxylation is 1. The number of carbonyl (C=O) groups is 1. The van der Waals surface area contributed by atoms with Crippen molar-refractivity contribution in [2.24, 2.45) is 0 Å². The lowest BCUT2D eigenvalue weighted by molar-refractivity contribution is -0.121. The Kier molecular flexibility index (Phi) is 6.55. The highest BCUT2D eigenvalue weighted by Gasteiger charge is 2.22. The number of carbonyl (C=O) groups excluding carboxylic acids is 1. The highest BCUT2D eigenvalue weighted by Crippen LogP contribution is 2.30. The lowest BCUT2D eigenvalue weighted by Gasteiger charge is -2.19. The van der Waals surface area contributed by atoms with Gasteiger partial charge in [0.05, 0.1) is 5.69 Å². The Morgan fingerprint density at radius 3 is 2.50 bits per heavy atom. The maximum atomic E-state index is 12.9. The molecule has 4 rings (SSSR count). The van der Waals surface area contributed by atoms with Crippen molar-refractivity contribution in [1.29, 1.82) is 0 Å². The van der Waals surface area contributed by atoms with Crippen LogP contribution in [0.15, 0.2) is 79.1 Å². The summed E-state index contributed by atoms with van der Waals surface area (Å²) in [6.07, 6.45) is 5.13. The van der Waals surface area contributed by atoms with Crippen LogP contribution in [0.5, 0.6) is 0 Å². The van der Waals surface area contributed by atoms with Crippen molar-refractivity contribution in [3.05, 3.63) is 102 Å². The number of hydrogen-bond donors (Lipinski definition) is 1. The molecule has 0 saturated heterocycles. The van der Waals surface area contributed by atoms with E-state index in [1.807, 2.05) is 50.8 Å². The summed E-state index contributed by atoms with van der Waals surface area (Å²) >= 11 is 0. The zero-order chi connectivity index (χ0) is 22.5. The molecule has 1 atom stereocenters. The lowest BCUT2D eigenvalue weighted by atomic mass is 9.92. The van der Waals surface area contributed by atoms with Gasteiger partial charge in [0.1, 0.15) is 5.65 Å². The van der Waals surface area contributed by atoms with E-state index in [-0.39, 0.29) is 11.8 Å². The highest BCUT2D eigenvalue weighted by molar-refractivity contribution is 5.77. The topological polar surface area (TPSA) is 49.6 Å². The molecular weight excluding hydrogens is 396 g/mol. The van der Waals surface area contributed by atoms with Crippen LogP contribution in [0.2, 0.25) is 0 Å². The minimum atomic E-state index is -0.0836. The predicted octanol–water partition coefficient (Wildman–Crippen LogP) is 4.59. The number of fused-ring (bicyclic) bond motifs is 1. The maximum Gasteiger partial charge on any atom is 0.221 e. The van der Waals surface area contributed by atoms with E-state index in [1.165, 1.54) is 5.56 Å². The van der Waals surface area contributed by atoms with Gasteiger partial charge in [-0.1, -0.05) is 48.5 Å². The number of imidazole rings is 1. The standard InChI is InChI=1S/C27H30N4O/c1-20-8-7-17-31-25(19-29-27(20)31)24(22-11-13-23(14-12-22)30(2)3)18-26(32)28-16-15-21-9-5-4-6-10-21/h4-14,17,19,24H,15-16,18H2,1-3H3,(H,28,32)/t24-/m0/s1. The minimum Gasteiger partial charge on any atom is -0.378 e. The molecule has 0 aliphatic heterocycles. The first-order valence-electron chi connectivity index (χ1n) is 11.0. The smallest absolute Gasteiger partial charge is 0.221 e. The second-order valence-corrected chi connectivity index (χ2v) is 8.40. The molecule has 32 heavy (non-hydrogen) atoms. The quantitative estimate of drug-likeness (QED) is 0.448. The minimum absolute atomic E-state index is 0.0465. The van der Waals surface area contributed by atoms with E-state index in [2.05, 4.69) is 69.0 Å². The Morgan fingerprint density at radius 1 is 1.03 bits per heavy atom. The Bertz CT molecular complexity index is 1180. The summed E-state index contributed by atoms with van der Waals surface area (Å²) in [6, 6.07) is 22.8. The third-order valence-corrected chi connectivity index (χ3v) is 5.90. The van der Waals surface area contributed by atoms with E-state index >= 15 is 0 Å². The molecule has 0 aliphatic rings. The molecule has 1 N–H and O–H groups in total. The van der Waals surface area contributed by atoms with Crippen LogP contribution < -0.4 is 10.2 Å². The first-order valence-corrected chi connectivity index (χ1v) is 11.0. The fourth-order valence-corrected chi connectivity index (χ4v) is 4.07. The van der Waals surface area contributed by atoms with Gasteiger partial charge in [0.2, 0.25) is 5.91 Å². The van der Waals surface area contributed by atoms with Gasteiger partial charge in [-0.2, -0.15) is 0 Å². The third kappa shape index (κ3) is 4.83. The van der Waals surface area contributed by atoms with Gasteiger partial charge in [0.25, 0.3) is 0 Å². The van der Waals surface area contributed by atoms with Crippen molar-refractivity contribution in [2.45, 2.75) is 25.7 Å². The largest absolute Gasteiger partial charge is 0.378 e. The predicted molar refractivity (Wildman–Crippen MR) is 130 cm³/mol. The van der Waals surface area contributed by atoms with E-state index in [0.717, 1.165) is 34.6 Å². The average molecular weight is 427 g/mol. The van der Waals surface area contributed by atoms with Gasteiger partial charge >= 0.3 is 0 Å². The average Bonchev–Trinajstić information content (AvgIpc) is 3.23. The molecule has 0 radical (unpaired) electrons. The molecule has 2 aromatic carbocycles. The Hall–Kier alpha value is -3.60. The van der Waals surface area contributed by atoms with E-state index in [4.69, 9.17) is 0 Å². The summed E-state index contributed by atoms with van der Waals surface area (Å²) in [5.41, 5.74) is 6.54. The fourth-order valence-electron chi connectivity index (χ4n) is 4.07. The molecule has 0 aliphatic carbocycles. The molecule has 0 spiro atoms. The third-order valence-electron chi connectivity index (χ3n) is 5.90. The molecule has 0 saturated carbocycles. The SMILES string of the molecule is Cc1cccn2c([C@@H](CC(=O)NCCc3ccccc3)c3ccc(N(C)C)cc3)cnc12. The summed E-state index contributed by atoms with van der Waals surface area (Å²) in [4.78, 5) is 19.7. The van der Waals surface area contributed by atoms with Crippen LogP contribution in [0.3, 0.4) is 0 Å². The first kappa shape index (κ1) is 21.6. The molecule has 164 valence electrons. The number of aromatic nitrogens is 2. The zero-order valence-corrected chi connectivity index (χ0v) is 19.0. The zero-order valence-electron chi connectivity index (χ0n) is 19.0. The van der Waals surface area contributed by atoms with Crippen molar-refractivity contribution in [2.75, 3.05) is 25.5 Å². The van der Waals surface area contributed by atoms with Crippen LogP contribution in [0, 0.1) is 6.92 Å². The van der Waals surface area contributed by atoms with Crippen molar-refractivity contribution in [3.63, 3.8) is 0 Å². The Labute approximate surface area is 189 Å². The Morgan fingerprint density at radius 2 is 1.78 bits per heavy atom. The first-order chi connectivity index (χ1) is 15.5. The van der Waals surface area contributed by atoms with Gasteiger partial charge in [0, 0.05) is 51.1 Å². The summed E-state index contributed by atoms with van der Waals surface area (Å²) in [5, 5.41) is 3.11. The molecule has 1 amide bonds. The van der Waals surface area contributed by atoms with Crippen LogP contribution in [0.1, 0.15) is 34.7 Å². The Balaban J connectivity index is 1.57. The number of hydrogen-bond acceptors (Lipinski definition) is 3. The van der Waals surface area contributed by atoms with Crippen LogP contribution in [0.4, 0.5) is 5.69 Å². The van der Waals surface area contributed by atoms with Gasteiger partial charge in [-0.3, -0.25) is 4.79 Å². The van der Waals surface area contributed by atoms with Crippen LogP contribution >= 0.6 is 0 Å². The number of nitrogens with one attached hydrogen (secondary N) is 1. The highest BCUT2D eigenvalue weighted by atomic mass is 16.1. The van der Waals surface area contributed by atoms with Crippen molar-refractivity contribution in [1.82, 2.24) is 14.7 Å². The number of nitrogens with zero attached hydrogens (tertiary/aromatic N) is 3. The molecule has 4 aromatic rings. The number of anilines is 1. The number of rotatable bonds is 8. The van der Waals surface area contributed by atoms with Crippen LogP contribution in [-0.4, -0.2) is 35.9 Å². The summed E-state index contributed by atoms with van der Waals surface area (Å²) < 4.78 is 2.11. The molecular formula is C27H30N4O. The van der Waals surface area contributed by atoms with Gasteiger partial charge < -0.3 is 14.6 Å². The number of benzene rings is 2. The van der Waals surface area contributed by atoms with Gasteiger partial charge in [-0.25, -0.2) is 4.98 Å². The number of pyridine rings is 1. The van der Waals surface area contributed by atoms with E-state index in [0.29, 0.717) is 13.0 Å². The van der Waals surface area contributed by atoms with E-state index in [9.17, 15) is 4.79 Å². The molecule has 5 heteroatoms. The van der Waals surface area contributed by atoms with Gasteiger partial charge in [-0.05, 0) is 48.2 Å². The molecule has 0 bridgehead atoms. The second kappa shape index (κ2) is 9.69. The molecule has 5 nitrogen and oxygen atoms in total. The molecule has 0 fully saturated rings. The van der Waals surface area contributed by atoms with E-state index < -0.39 is 0 Å². The lowest BCUT2D eigenvalue weighted by Crippen LogP contribution is -2.27. The van der Waals surface area contributed by atoms with Crippen LogP contribution in [0.25, 0.3) is 5.65 Å². The van der Waals surface area contributed by atoms with Crippen molar-refractivity contribution < 1.29 is 4.79 Å². The van der Waals surface area contributed by atoms with E-state index in [1.54, 1.807) is 0 Å². The second-order valence-electron chi connectivity index (χ2n) is 8.40. The van der Waals surface area contributed by atoms with Crippen molar-refractivity contribution in [3.8, 4) is 0 Å². The van der Waals surface area contributed by atoms with Gasteiger partial charge in [0.15, 0.2) is 0 Å². The monoisotopic (exact) mass is 426 g/mol. The summed E-state index contributed by atoms with van der Waals surface area (Å²) in [5.74, 6) is -0.0371. The normalized spacial score (nSPS) is 12.0. The summed E-state index contributed by atoms with van der Waals surface area (Å²) in [7, 11) is 4.06.